The summed E-state index contributed by atoms with van der Waals surface area (Å²) in [7, 11) is 0. The Hall–Kier alpha value is -3.26. The number of benzene rings is 1. The number of amides is 3. The first-order valence-electron chi connectivity index (χ1n) is 11.2. The maximum absolute atomic E-state index is 12.6. The monoisotopic (exact) mass is 436 g/mol. The summed E-state index contributed by atoms with van der Waals surface area (Å²) in [6.07, 6.45) is 10.8. The molecule has 0 bridgehead atoms. The Morgan fingerprint density at radius 3 is 2.66 bits per heavy atom. The maximum Gasteiger partial charge on any atom is 0.326 e. The molecule has 0 spiro atoms. The van der Waals surface area contributed by atoms with E-state index in [0.717, 1.165) is 48.3 Å². The van der Waals surface area contributed by atoms with Gasteiger partial charge in [0.05, 0.1) is 6.54 Å². The van der Waals surface area contributed by atoms with Crippen molar-refractivity contribution in [3.63, 3.8) is 0 Å². The molecule has 2 saturated heterocycles. The van der Waals surface area contributed by atoms with Crippen molar-refractivity contribution < 1.29 is 19.1 Å². The topological polar surface area (TPSA) is 83.1 Å². The van der Waals surface area contributed by atoms with Gasteiger partial charge in [-0.15, -0.1) is 0 Å². The third-order valence-corrected chi connectivity index (χ3v) is 6.25. The van der Waals surface area contributed by atoms with Crippen LogP contribution in [0, 0.1) is 0 Å². The van der Waals surface area contributed by atoms with Crippen molar-refractivity contribution in [3.05, 3.63) is 60.1 Å². The number of ether oxygens (including phenoxy) is 2. The van der Waals surface area contributed by atoms with Gasteiger partial charge in [0.15, 0.2) is 0 Å². The van der Waals surface area contributed by atoms with Gasteiger partial charge in [-0.3, -0.25) is 9.69 Å². The highest BCUT2D eigenvalue weighted by Gasteiger charge is 2.31. The van der Waals surface area contributed by atoms with Crippen LogP contribution in [0.4, 0.5) is 10.5 Å². The number of dihydropyridines is 1. The molecule has 168 valence electrons. The van der Waals surface area contributed by atoms with Gasteiger partial charge in [0.2, 0.25) is 0 Å². The Labute approximate surface area is 187 Å². The minimum Gasteiger partial charge on any atom is -0.490 e. The molecule has 32 heavy (non-hydrogen) atoms. The average molecular weight is 437 g/mol. The number of nitrogens with zero attached hydrogens (tertiary/aromatic N) is 2. The van der Waals surface area contributed by atoms with Crippen LogP contribution in [0.1, 0.15) is 25.7 Å². The second-order valence-electron chi connectivity index (χ2n) is 8.48. The number of urea groups is 1. The fourth-order valence-corrected chi connectivity index (χ4v) is 4.44. The molecule has 1 aromatic carbocycles. The van der Waals surface area contributed by atoms with Crippen LogP contribution in [-0.2, 0) is 9.53 Å². The molecule has 2 N–H and O–H groups in total. The molecule has 0 saturated carbocycles. The number of piperidine rings is 1. The molecule has 5 rings (SSSR count). The molecule has 4 heterocycles. The highest BCUT2D eigenvalue weighted by molar-refractivity contribution is 5.91. The van der Waals surface area contributed by atoms with E-state index in [1.807, 2.05) is 53.8 Å². The van der Waals surface area contributed by atoms with Gasteiger partial charge in [-0.2, -0.15) is 0 Å². The van der Waals surface area contributed by atoms with Gasteiger partial charge in [-0.1, -0.05) is 0 Å². The largest absolute Gasteiger partial charge is 0.490 e. The van der Waals surface area contributed by atoms with Gasteiger partial charge < -0.3 is 25.0 Å². The summed E-state index contributed by atoms with van der Waals surface area (Å²) in [6.45, 7) is 2.64. The van der Waals surface area contributed by atoms with Crippen molar-refractivity contribution in [3.8, 4) is 5.75 Å². The lowest BCUT2D eigenvalue weighted by Gasteiger charge is -2.33. The molecular weight excluding hydrogens is 408 g/mol. The summed E-state index contributed by atoms with van der Waals surface area (Å²) < 4.78 is 11.6. The third kappa shape index (κ3) is 4.50. The van der Waals surface area contributed by atoms with Crippen LogP contribution in [0.5, 0.6) is 5.75 Å². The van der Waals surface area contributed by atoms with E-state index in [-0.39, 0.29) is 24.1 Å². The predicted octanol–water partition coefficient (Wildman–Crippen LogP) is 2.97. The summed E-state index contributed by atoms with van der Waals surface area (Å²) in [5, 5.41) is 5.97. The summed E-state index contributed by atoms with van der Waals surface area (Å²) in [5.41, 5.74) is 2.86. The number of hydrogen-bond donors (Lipinski definition) is 2. The van der Waals surface area contributed by atoms with Crippen LogP contribution >= 0.6 is 0 Å². The number of fused-ring (bicyclic) bond motifs is 1. The Bertz CT molecular complexity index is 955. The first-order valence-corrected chi connectivity index (χ1v) is 11.2. The molecule has 0 radical (unpaired) electrons. The van der Waals surface area contributed by atoms with Crippen molar-refractivity contribution >= 4 is 17.6 Å². The molecule has 0 aromatic heterocycles. The molecule has 8 heteroatoms. The lowest BCUT2D eigenvalue weighted by Crippen LogP contribution is -2.45. The first kappa shape index (κ1) is 20.6. The molecule has 1 atom stereocenters. The normalized spacial score (nSPS) is 22.7. The fourth-order valence-electron chi connectivity index (χ4n) is 4.44. The highest BCUT2D eigenvalue weighted by Crippen LogP contribution is 2.25. The summed E-state index contributed by atoms with van der Waals surface area (Å²) >= 11 is 0. The lowest BCUT2D eigenvalue weighted by molar-refractivity contribution is -0.142. The van der Waals surface area contributed by atoms with Crippen molar-refractivity contribution in [1.82, 2.24) is 15.1 Å². The zero-order chi connectivity index (χ0) is 21.9. The molecule has 2 fully saturated rings. The van der Waals surface area contributed by atoms with E-state index >= 15 is 0 Å². The van der Waals surface area contributed by atoms with E-state index in [4.69, 9.17) is 9.47 Å². The van der Waals surface area contributed by atoms with Gasteiger partial charge in [0.25, 0.3) is 5.91 Å². The standard InChI is InChI=1S/C24H28N4O4/c29-23(22-2-1-13-31-22)27-11-8-21(9-12-27)32-20-5-3-19(4-6-20)26-24(30)28-15-17-7-10-25-14-18(17)16-28/h3-7,10,14-15,21-22,25H,1-2,8-9,11-13,16H2,(H,26,30)/t22-/m1/s1. The van der Waals surface area contributed by atoms with Crippen molar-refractivity contribution in [2.45, 2.75) is 37.9 Å². The number of anilines is 1. The number of nitrogens with one attached hydrogen (secondary N) is 2. The fraction of sp³-hybridized carbons (Fsp3) is 0.417. The Morgan fingerprint density at radius 2 is 1.94 bits per heavy atom. The lowest BCUT2D eigenvalue weighted by atomic mass is 10.1. The Balaban J connectivity index is 1.09. The zero-order valence-electron chi connectivity index (χ0n) is 18.0. The van der Waals surface area contributed by atoms with Gasteiger partial charge in [0.1, 0.15) is 18.0 Å². The van der Waals surface area contributed by atoms with Crippen LogP contribution in [0.15, 0.2) is 60.1 Å². The van der Waals surface area contributed by atoms with Crippen molar-refractivity contribution in [1.29, 1.82) is 0 Å². The average Bonchev–Trinajstić information content (AvgIpc) is 3.51. The number of allylic oxidation sites excluding steroid dienone is 1. The van der Waals surface area contributed by atoms with Gasteiger partial charge in [-0.25, -0.2) is 4.79 Å². The summed E-state index contributed by atoms with van der Waals surface area (Å²) in [6, 6.07) is 7.27. The van der Waals surface area contributed by atoms with E-state index in [9.17, 15) is 9.59 Å². The molecule has 0 aliphatic carbocycles. The number of carbonyl (C=O) groups is 2. The van der Waals surface area contributed by atoms with Crippen LogP contribution in [0.25, 0.3) is 0 Å². The first-order chi connectivity index (χ1) is 15.7. The quantitative estimate of drug-likeness (QED) is 0.758. The minimum absolute atomic E-state index is 0.0819. The third-order valence-electron chi connectivity index (χ3n) is 6.25. The molecule has 8 nitrogen and oxygen atoms in total. The van der Waals surface area contributed by atoms with Crippen molar-refractivity contribution in [2.75, 3.05) is 31.6 Å². The number of likely N-dealkylation sites (tertiary alicyclic amines) is 1. The maximum atomic E-state index is 12.6. The Kier molecular flexibility index (Phi) is 5.85. The molecule has 3 amide bonds. The SMILES string of the molecule is O=C(Nc1ccc(OC2CCN(C(=O)[C@H]3CCCO3)CC2)cc1)N1C=C2C=CNC=C2C1. The Morgan fingerprint density at radius 1 is 1.12 bits per heavy atom. The second kappa shape index (κ2) is 9.08. The van der Waals surface area contributed by atoms with Crippen LogP contribution in [0.3, 0.4) is 0 Å². The highest BCUT2D eigenvalue weighted by atomic mass is 16.5. The zero-order valence-corrected chi connectivity index (χ0v) is 18.0. The minimum atomic E-state index is -0.249. The number of carbonyl (C=O) groups excluding carboxylic acids is 2. The van der Waals surface area contributed by atoms with Gasteiger partial charge in [-0.05, 0) is 54.3 Å². The van der Waals surface area contributed by atoms with E-state index in [1.54, 1.807) is 4.90 Å². The number of rotatable bonds is 4. The van der Waals surface area contributed by atoms with E-state index in [1.165, 1.54) is 0 Å². The molecule has 4 aliphatic heterocycles. The number of hydrogen-bond acceptors (Lipinski definition) is 5. The van der Waals surface area contributed by atoms with E-state index < -0.39 is 0 Å². The van der Waals surface area contributed by atoms with Gasteiger partial charge >= 0.3 is 6.03 Å². The second-order valence-corrected chi connectivity index (χ2v) is 8.48. The van der Waals surface area contributed by atoms with E-state index in [0.29, 0.717) is 26.2 Å². The smallest absolute Gasteiger partial charge is 0.326 e. The van der Waals surface area contributed by atoms with Crippen molar-refractivity contribution in [2.24, 2.45) is 0 Å². The van der Waals surface area contributed by atoms with Gasteiger partial charge in [0, 0.05) is 56.8 Å². The summed E-state index contributed by atoms with van der Waals surface area (Å²) in [4.78, 5) is 28.6. The molecule has 1 aromatic rings. The molecule has 4 aliphatic rings. The molecular formula is C24H28N4O4. The van der Waals surface area contributed by atoms with Crippen LogP contribution in [-0.4, -0.2) is 60.2 Å². The predicted molar refractivity (Wildman–Crippen MR) is 120 cm³/mol. The summed E-state index contributed by atoms with van der Waals surface area (Å²) in [5.74, 6) is 0.889. The molecule has 0 unspecified atom stereocenters. The van der Waals surface area contributed by atoms with E-state index in [2.05, 4.69) is 10.6 Å². The van der Waals surface area contributed by atoms with Crippen LogP contribution < -0.4 is 15.4 Å². The van der Waals surface area contributed by atoms with Crippen LogP contribution in [0.2, 0.25) is 0 Å².